The largest absolute Gasteiger partial charge is 0.328 e. The molecule has 16 heavy (non-hydrogen) atoms. The van der Waals surface area contributed by atoms with Crippen LogP contribution in [0.15, 0.2) is 33.6 Å². The minimum Gasteiger partial charge on any atom is -0.328 e. The minimum atomic E-state index is -0.897. The molecule has 0 aliphatic heterocycles. The van der Waals surface area contributed by atoms with Crippen LogP contribution in [0.4, 0.5) is 0 Å². The average molecular weight is 304 g/mol. The Bertz CT molecular complexity index is 355. The van der Waals surface area contributed by atoms with Crippen molar-refractivity contribution in [2.24, 2.45) is 5.73 Å². The van der Waals surface area contributed by atoms with Gasteiger partial charge in [0.2, 0.25) is 0 Å². The maximum absolute atomic E-state index is 12.0. The summed E-state index contributed by atoms with van der Waals surface area (Å²) in [5.41, 5.74) is 5.66. The van der Waals surface area contributed by atoms with Gasteiger partial charge in [0.05, 0.1) is 15.7 Å². The van der Waals surface area contributed by atoms with Crippen molar-refractivity contribution in [3.63, 3.8) is 0 Å². The molecule has 4 heteroatoms. The molecule has 1 rings (SSSR count). The molecule has 2 atom stereocenters. The summed E-state index contributed by atoms with van der Waals surface area (Å²) in [5.74, 6) is 0.718. The zero-order valence-corrected chi connectivity index (χ0v) is 11.9. The Kier molecular flexibility index (Phi) is 6.24. The Balaban J connectivity index is 2.39. The lowest BCUT2D eigenvalue weighted by Gasteiger charge is -2.06. The molecule has 0 heterocycles. The van der Waals surface area contributed by atoms with Gasteiger partial charge in [-0.05, 0) is 47.8 Å². The summed E-state index contributed by atoms with van der Waals surface area (Å²) < 4.78 is 12.9. The van der Waals surface area contributed by atoms with Gasteiger partial charge in [0.15, 0.2) is 0 Å². The molecule has 0 spiro atoms. The van der Waals surface area contributed by atoms with E-state index in [1.165, 1.54) is 0 Å². The van der Waals surface area contributed by atoms with E-state index in [0.29, 0.717) is 0 Å². The van der Waals surface area contributed by atoms with Gasteiger partial charge in [0.25, 0.3) is 0 Å². The summed E-state index contributed by atoms with van der Waals surface area (Å²) in [6.07, 6.45) is 3.02. The van der Waals surface area contributed by atoms with Gasteiger partial charge >= 0.3 is 0 Å². The van der Waals surface area contributed by atoms with Gasteiger partial charge in [-0.25, -0.2) is 0 Å². The maximum atomic E-state index is 12.0. The Labute approximate surface area is 108 Å². The van der Waals surface area contributed by atoms with Crippen LogP contribution in [0.5, 0.6) is 0 Å². The molecule has 0 aliphatic rings. The fourth-order valence-electron chi connectivity index (χ4n) is 1.44. The number of hydrogen-bond acceptors (Lipinski definition) is 2. The van der Waals surface area contributed by atoms with Crippen molar-refractivity contribution in [1.29, 1.82) is 0 Å². The lowest BCUT2D eigenvalue weighted by molar-refractivity contribution is 0.613. The van der Waals surface area contributed by atoms with Gasteiger partial charge in [0, 0.05) is 16.3 Å². The summed E-state index contributed by atoms with van der Waals surface area (Å²) in [6.45, 7) is 2.00. The van der Waals surface area contributed by atoms with Crippen molar-refractivity contribution in [3.8, 4) is 0 Å². The Morgan fingerprint density at radius 3 is 2.69 bits per heavy atom. The Hall–Kier alpha value is -0.190. The van der Waals surface area contributed by atoms with Gasteiger partial charge in [0.1, 0.15) is 0 Å². The van der Waals surface area contributed by atoms with Crippen LogP contribution in [-0.2, 0) is 10.8 Å². The van der Waals surface area contributed by atoms with Crippen LogP contribution in [-0.4, -0.2) is 16.0 Å². The number of halogens is 1. The second kappa shape index (κ2) is 7.20. The molecule has 2 nitrogen and oxygen atoms in total. The van der Waals surface area contributed by atoms with E-state index in [1.54, 1.807) is 0 Å². The SMILES string of the molecule is CC(N)CCCCS(=O)c1ccccc1Br. The van der Waals surface area contributed by atoms with Crippen molar-refractivity contribution in [2.75, 3.05) is 5.75 Å². The van der Waals surface area contributed by atoms with E-state index >= 15 is 0 Å². The van der Waals surface area contributed by atoms with Crippen LogP contribution < -0.4 is 5.73 Å². The number of rotatable bonds is 6. The topological polar surface area (TPSA) is 43.1 Å². The van der Waals surface area contributed by atoms with E-state index < -0.39 is 10.8 Å². The first-order valence-corrected chi connectivity index (χ1v) is 7.61. The second-order valence-electron chi connectivity index (χ2n) is 3.95. The normalized spacial score (nSPS) is 14.7. The van der Waals surface area contributed by atoms with Gasteiger partial charge in [-0.2, -0.15) is 0 Å². The molecule has 1 aromatic carbocycles. The molecule has 2 N–H and O–H groups in total. The summed E-state index contributed by atoms with van der Waals surface area (Å²) >= 11 is 3.42. The van der Waals surface area contributed by atoms with Crippen LogP contribution in [0.3, 0.4) is 0 Å². The molecule has 0 fully saturated rings. The molecule has 1 aromatic rings. The van der Waals surface area contributed by atoms with Crippen LogP contribution in [0, 0.1) is 0 Å². The van der Waals surface area contributed by atoms with Crippen LogP contribution >= 0.6 is 15.9 Å². The summed E-state index contributed by atoms with van der Waals surface area (Å²) in [6, 6.07) is 7.93. The highest BCUT2D eigenvalue weighted by molar-refractivity contribution is 9.10. The molecule has 0 saturated carbocycles. The third-order valence-electron chi connectivity index (χ3n) is 2.32. The highest BCUT2D eigenvalue weighted by atomic mass is 79.9. The van der Waals surface area contributed by atoms with Gasteiger partial charge < -0.3 is 5.73 Å². The molecule has 0 bridgehead atoms. The first-order chi connectivity index (χ1) is 7.61. The lowest BCUT2D eigenvalue weighted by Crippen LogP contribution is -2.14. The predicted octanol–water partition coefficient (Wildman–Crippen LogP) is 3.07. The number of hydrogen-bond donors (Lipinski definition) is 1. The highest BCUT2D eigenvalue weighted by Crippen LogP contribution is 2.20. The van der Waals surface area contributed by atoms with Gasteiger partial charge in [-0.15, -0.1) is 0 Å². The summed E-state index contributed by atoms with van der Waals surface area (Å²) in [4.78, 5) is 0.892. The molecule has 90 valence electrons. The predicted molar refractivity (Wildman–Crippen MR) is 72.9 cm³/mol. The van der Waals surface area contributed by atoms with Crippen molar-refractivity contribution >= 4 is 26.7 Å². The second-order valence-corrected chi connectivity index (χ2v) is 6.35. The number of unbranched alkanes of at least 4 members (excludes halogenated alkanes) is 1. The lowest BCUT2D eigenvalue weighted by atomic mass is 10.2. The van der Waals surface area contributed by atoms with Gasteiger partial charge in [-0.1, -0.05) is 18.6 Å². The molecular formula is C12H18BrNOS. The Morgan fingerprint density at radius 2 is 2.06 bits per heavy atom. The van der Waals surface area contributed by atoms with Crippen LogP contribution in [0.1, 0.15) is 26.2 Å². The summed E-state index contributed by atoms with van der Waals surface area (Å²) in [7, 11) is -0.897. The quantitative estimate of drug-likeness (QED) is 0.821. The van der Waals surface area contributed by atoms with E-state index in [0.717, 1.165) is 34.4 Å². The smallest absolute Gasteiger partial charge is 0.0541 e. The molecule has 2 unspecified atom stereocenters. The van der Waals surface area contributed by atoms with Crippen LogP contribution in [0.25, 0.3) is 0 Å². The van der Waals surface area contributed by atoms with E-state index in [9.17, 15) is 4.21 Å². The standard InChI is InChI=1S/C12H18BrNOS/c1-10(14)6-4-5-9-16(15)12-8-3-2-7-11(12)13/h2-3,7-8,10H,4-6,9,14H2,1H3. The monoisotopic (exact) mass is 303 g/mol. The van der Waals surface area contributed by atoms with Gasteiger partial charge in [-0.3, -0.25) is 4.21 Å². The third kappa shape index (κ3) is 4.76. The summed E-state index contributed by atoms with van der Waals surface area (Å²) in [5, 5.41) is 0. The fraction of sp³-hybridized carbons (Fsp3) is 0.500. The molecule has 0 amide bonds. The average Bonchev–Trinajstić information content (AvgIpc) is 2.24. The first-order valence-electron chi connectivity index (χ1n) is 5.49. The zero-order chi connectivity index (χ0) is 12.0. The highest BCUT2D eigenvalue weighted by Gasteiger charge is 2.07. The van der Waals surface area contributed by atoms with E-state index in [4.69, 9.17) is 5.73 Å². The van der Waals surface area contributed by atoms with Crippen LogP contribution in [0.2, 0.25) is 0 Å². The molecule has 0 aliphatic carbocycles. The van der Waals surface area contributed by atoms with Crippen molar-refractivity contribution in [2.45, 2.75) is 37.1 Å². The third-order valence-corrected chi connectivity index (χ3v) is 4.78. The first kappa shape index (κ1) is 13.9. The van der Waals surface area contributed by atoms with Crippen molar-refractivity contribution < 1.29 is 4.21 Å². The molecule has 0 saturated heterocycles. The molecular weight excluding hydrogens is 286 g/mol. The zero-order valence-electron chi connectivity index (χ0n) is 9.49. The number of benzene rings is 1. The van der Waals surface area contributed by atoms with Crippen molar-refractivity contribution in [3.05, 3.63) is 28.7 Å². The molecule has 0 radical (unpaired) electrons. The Morgan fingerprint density at radius 1 is 1.38 bits per heavy atom. The van der Waals surface area contributed by atoms with E-state index in [1.807, 2.05) is 31.2 Å². The number of nitrogens with two attached hydrogens (primary N) is 1. The minimum absolute atomic E-state index is 0.247. The van der Waals surface area contributed by atoms with Crippen molar-refractivity contribution in [1.82, 2.24) is 0 Å². The molecule has 0 aromatic heterocycles. The van der Waals surface area contributed by atoms with E-state index in [2.05, 4.69) is 15.9 Å². The maximum Gasteiger partial charge on any atom is 0.0541 e. The fourth-order valence-corrected chi connectivity index (χ4v) is 3.47. The van der Waals surface area contributed by atoms with E-state index in [-0.39, 0.29) is 6.04 Å².